The molecule has 367 valence electrons. The third-order valence-corrected chi connectivity index (χ3v) is 11.1. The van der Waals surface area contributed by atoms with Crippen LogP contribution in [0.3, 0.4) is 0 Å². The first kappa shape index (κ1) is 54.3. The van der Waals surface area contributed by atoms with E-state index in [9.17, 15) is 44.1 Å². The number of aromatic nitrogens is 3. The van der Waals surface area contributed by atoms with Crippen LogP contribution in [0.5, 0.6) is 0 Å². The van der Waals surface area contributed by atoms with Gasteiger partial charge in [-0.3, -0.25) is 14.4 Å². The number of fused-ring (bicyclic) bond motifs is 3. The van der Waals surface area contributed by atoms with Crippen LogP contribution in [-0.4, -0.2) is 85.5 Å². The molecule has 0 aliphatic rings. The van der Waals surface area contributed by atoms with E-state index in [-0.39, 0.29) is 101 Å². The molecule has 0 bridgehead atoms. The van der Waals surface area contributed by atoms with Crippen molar-refractivity contribution in [1.82, 2.24) is 30.9 Å². The van der Waals surface area contributed by atoms with Gasteiger partial charge in [0.2, 0.25) is 0 Å². The number of rotatable bonds is 12. The summed E-state index contributed by atoms with van der Waals surface area (Å²) in [5.74, 6) is -4.65. The van der Waals surface area contributed by atoms with E-state index in [1.165, 1.54) is 18.2 Å². The van der Waals surface area contributed by atoms with E-state index in [0.29, 0.717) is 36.3 Å². The Labute approximate surface area is 460 Å². The zero-order chi connectivity index (χ0) is 51.3. The maximum atomic E-state index is 12.1. The first-order valence-corrected chi connectivity index (χ1v) is 22.8. The third-order valence-electron chi connectivity index (χ3n) is 11.1. The first-order chi connectivity index (χ1) is 34.8. The zero-order valence-electron chi connectivity index (χ0n) is 39.7. The third kappa shape index (κ3) is 13.3. The summed E-state index contributed by atoms with van der Waals surface area (Å²) < 4.78 is 0. The molecule has 6 aromatic carbocycles. The molecular weight excluding hydrogens is 1060 g/mol. The summed E-state index contributed by atoms with van der Waals surface area (Å²) in [4.78, 5) is 82.3. The van der Waals surface area contributed by atoms with Crippen molar-refractivity contribution in [2.75, 3.05) is 19.6 Å². The van der Waals surface area contributed by atoms with Crippen molar-refractivity contribution >= 4 is 67.9 Å². The number of carboxylic acids is 3. The molecule has 9 rings (SSSR count). The summed E-state index contributed by atoms with van der Waals surface area (Å²) >= 11 is 0. The molecule has 0 aliphatic carbocycles. The molecule has 9 aromatic rings. The van der Waals surface area contributed by atoms with Crippen molar-refractivity contribution in [1.29, 1.82) is 0 Å². The molecule has 0 unspecified atom stereocenters. The summed E-state index contributed by atoms with van der Waals surface area (Å²) in [5.41, 5.74) is 4.39. The second kappa shape index (κ2) is 25.4. The molecule has 0 saturated heterocycles. The largest absolute Gasteiger partial charge is 0.477 e. The van der Waals surface area contributed by atoms with Crippen LogP contribution in [-0.2, 0) is 0 Å². The van der Waals surface area contributed by atoms with Crippen molar-refractivity contribution in [2.45, 2.75) is 20.8 Å². The summed E-state index contributed by atoms with van der Waals surface area (Å²) in [6.07, 6.45) is 0. The van der Waals surface area contributed by atoms with Gasteiger partial charge in [0.15, 0.2) is 0 Å². The SMILES string of the molecule is CCNC(=O)c1cc(-c2cccc3ccccc23)cc(C(=O)O)n1.CCNC(=O)c1cc(-c2cccc3ccccc23)cc(C(=O)O)n1.CCNC(=O)c1cc(-c2cccc3ccccc23)cc(C(=O)O)n1.[Eu]. The van der Waals surface area contributed by atoms with E-state index in [1.54, 1.807) is 39.0 Å². The molecule has 0 atom stereocenters. The van der Waals surface area contributed by atoms with E-state index in [0.717, 1.165) is 49.0 Å². The Bertz CT molecular complexity index is 3160. The minimum atomic E-state index is -1.16. The predicted octanol–water partition coefficient (Wildman–Crippen LogP) is 10.0. The number of hydrogen-bond donors (Lipinski definition) is 6. The summed E-state index contributed by atoms with van der Waals surface area (Å²) in [6, 6.07) is 50.3. The number of nitrogens with one attached hydrogen (secondary N) is 3. The molecule has 3 aromatic heterocycles. The Morgan fingerprint density at radius 1 is 0.356 bits per heavy atom. The van der Waals surface area contributed by atoms with Crippen molar-refractivity contribution in [3.63, 3.8) is 0 Å². The molecule has 0 fully saturated rings. The van der Waals surface area contributed by atoms with Gasteiger partial charge in [-0.2, -0.15) is 0 Å². The van der Waals surface area contributed by atoms with Gasteiger partial charge in [-0.15, -0.1) is 0 Å². The number of carbonyl (C=O) groups excluding carboxylic acids is 3. The van der Waals surface area contributed by atoms with E-state index in [2.05, 4.69) is 30.9 Å². The normalized spacial score (nSPS) is 10.4. The maximum Gasteiger partial charge on any atom is 0.354 e. The summed E-state index contributed by atoms with van der Waals surface area (Å²) in [6.45, 7) is 6.73. The van der Waals surface area contributed by atoms with Gasteiger partial charge in [-0.1, -0.05) is 127 Å². The predicted molar refractivity (Wildman–Crippen MR) is 276 cm³/mol. The fraction of sp³-hybridized carbons (Fsp3) is 0.105. The monoisotopic (exact) mass is 1110 g/mol. The number of amides is 3. The number of benzene rings is 6. The fourth-order valence-corrected chi connectivity index (χ4v) is 7.92. The van der Waals surface area contributed by atoms with Crippen LogP contribution in [0.15, 0.2) is 164 Å². The van der Waals surface area contributed by atoms with E-state index in [1.807, 2.05) is 127 Å². The number of carbonyl (C=O) groups is 6. The molecule has 1 radical (unpaired) electrons. The van der Waals surface area contributed by atoms with Gasteiger partial charge in [0, 0.05) is 69.0 Å². The molecule has 0 aliphatic heterocycles. The second-order valence-corrected chi connectivity index (χ2v) is 16.0. The number of aromatic carboxylic acids is 3. The summed E-state index contributed by atoms with van der Waals surface area (Å²) in [5, 5.41) is 42.0. The van der Waals surface area contributed by atoms with E-state index >= 15 is 0 Å². The minimum absolute atomic E-state index is 0. The topological polar surface area (TPSA) is 238 Å². The van der Waals surface area contributed by atoms with E-state index in [4.69, 9.17) is 0 Å². The molecule has 0 spiro atoms. The number of hydrogen-bond acceptors (Lipinski definition) is 9. The standard InChI is InChI=1S/3C19H16N2O3.Eu/c3*1-2-20-18(22)16-10-13(11-17(21-16)19(23)24)15-9-5-7-12-6-3-4-8-14(12)15;/h3*3-11H,2H2,1H3,(H,20,22)(H,23,24);. The Morgan fingerprint density at radius 3 is 0.836 bits per heavy atom. The number of nitrogens with zero attached hydrogens (tertiary/aromatic N) is 3. The molecular formula is C57H48EuN6O9. The van der Waals surface area contributed by atoms with Crippen molar-refractivity contribution in [2.24, 2.45) is 0 Å². The summed E-state index contributed by atoms with van der Waals surface area (Å²) in [7, 11) is 0. The molecule has 73 heavy (non-hydrogen) atoms. The second-order valence-electron chi connectivity index (χ2n) is 16.0. The fourth-order valence-electron chi connectivity index (χ4n) is 7.92. The van der Waals surface area contributed by atoms with Crippen molar-refractivity contribution in [3.05, 3.63) is 198 Å². The van der Waals surface area contributed by atoms with Crippen LogP contribution in [0.25, 0.3) is 65.7 Å². The van der Waals surface area contributed by atoms with Crippen molar-refractivity contribution in [3.8, 4) is 33.4 Å². The Balaban J connectivity index is 0.000000177. The van der Waals surface area contributed by atoms with Crippen LogP contribution < -0.4 is 16.0 Å². The van der Waals surface area contributed by atoms with Crippen molar-refractivity contribution < 1.29 is 93.5 Å². The quantitative estimate of drug-likeness (QED) is 0.0670. The zero-order valence-corrected chi connectivity index (χ0v) is 42.1. The van der Waals surface area contributed by atoms with Gasteiger partial charge in [0.05, 0.1) is 0 Å². The molecule has 0 saturated carbocycles. The van der Waals surface area contributed by atoms with Crippen LogP contribution in [0, 0.1) is 49.4 Å². The smallest absolute Gasteiger partial charge is 0.354 e. The Hall–Kier alpha value is -8.05. The average molecular weight is 1110 g/mol. The van der Waals surface area contributed by atoms with Gasteiger partial charge in [0.1, 0.15) is 34.2 Å². The Morgan fingerprint density at radius 2 is 0.589 bits per heavy atom. The number of carboxylic acid groups (broad SMARTS) is 3. The van der Waals surface area contributed by atoms with Crippen LogP contribution >= 0.6 is 0 Å². The van der Waals surface area contributed by atoms with Gasteiger partial charge < -0.3 is 31.3 Å². The van der Waals surface area contributed by atoms with Crippen LogP contribution in [0.2, 0.25) is 0 Å². The van der Waals surface area contributed by atoms with Crippen LogP contribution in [0.4, 0.5) is 0 Å². The molecule has 16 heteroatoms. The Kier molecular flexibility index (Phi) is 18.9. The van der Waals surface area contributed by atoms with Gasteiger partial charge >= 0.3 is 17.9 Å². The average Bonchev–Trinajstić information content (AvgIpc) is 3.40. The van der Waals surface area contributed by atoms with Gasteiger partial charge in [-0.25, -0.2) is 29.3 Å². The first-order valence-electron chi connectivity index (χ1n) is 22.8. The molecule has 6 N–H and O–H groups in total. The van der Waals surface area contributed by atoms with E-state index < -0.39 is 17.9 Å². The maximum absolute atomic E-state index is 12.1. The molecule has 3 amide bonds. The van der Waals surface area contributed by atoms with Gasteiger partial charge in [0.25, 0.3) is 17.7 Å². The van der Waals surface area contributed by atoms with Gasteiger partial charge in [-0.05, 0) is 123 Å². The minimum Gasteiger partial charge on any atom is -0.477 e. The molecule has 15 nitrogen and oxygen atoms in total. The number of pyridine rings is 3. The van der Waals surface area contributed by atoms with Crippen LogP contribution in [0.1, 0.15) is 83.7 Å². The molecule has 3 heterocycles.